The summed E-state index contributed by atoms with van der Waals surface area (Å²) < 4.78 is 5.21. The highest BCUT2D eigenvalue weighted by Gasteiger charge is 2.06. The van der Waals surface area contributed by atoms with E-state index in [2.05, 4.69) is 22.8 Å². The monoisotopic (exact) mass is 289 g/mol. The van der Waals surface area contributed by atoms with Crippen molar-refractivity contribution < 1.29 is 9.53 Å². The predicted molar refractivity (Wildman–Crippen MR) is 83.5 cm³/mol. The average Bonchev–Trinajstić information content (AvgIpc) is 2.97. The Labute approximate surface area is 123 Å². The minimum atomic E-state index is 0.0423. The molecule has 0 saturated carbocycles. The summed E-state index contributed by atoms with van der Waals surface area (Å²) >= 11 is 1.77. The van der Waals surface area contributed by atoms with E-state index in [0.717, 1.165) is 24.9 Å². The standard InChI is InChI=1S/C16H19NO2S/c1-19-15-10-4-3-9-14(15)17-16(18)11-5-2-7-13-8-6-12-20-13/h3-4,6,8-10,12H,2,5,7,11H2,1H3,(H,17,18). The summed E-state index contributed by atoms with van der Waals surface area (Å²) in [6.45, 7) is 0. The van der Waals surface area contributed by atoms with E-state index in [4.69, 9.17) is 4.74 Å². The molecule has 0 saturated heterocycles. The summed E-state index contributed by atoms with van der Waals surface area (Å²) in [5.41, 5.74) is 0.734. The molecule has 106 valence electrons. The normalized spacial score (nSPS) is 10.2. The number of hydrogen-bond donors (Lipinski definition) is 1. The third kappa shape index (κ3) is 4.38. The molecule has 1 N–H and O–H groups in total. The molecule has 1 heterocycles. The fourth-order valence-electron chi connectivity index (χ4n) is 2.00. The highest BCUT2D eigenvalue weighted by atomic mass is 32.1. The van der Waals surface area contributed by atoms with Gasteiger partial charge in [0.2, 0.25) is 5.91 Å². The Balaban J connectivity index is 1.72. The number of unbranched alkanes of at least 4 members (excludes halogenated alkanes) is 1. The van der Waals surface area contributed by atoms with E-state index in [1.165, 1.54) is 4.88 Å². The third-order valence-electron chi connectivity index (χ3n) is 3.04. The lowest BCUT2D eigenvalue weighted by Crippen LogP contribution is -2.11. The summed E-state index contributed by atoms with van der Waals surface area (Å²) in [5.74, 6) is 0.736. The molecule has 0 aliphatic rings. The van der Waals surface area contributed by atoms with Crippen LogP contribution in [0.3, 0.4) is 0 Å². The molecule has 1 aromatic heterocycles. The minimum Gasteiger partial charge on any atom is -0.495 e. The Kier molecular flexibility index (Phi) is 5.62. The molecule has 0 radical (unpaired) electrons. The van der Waals surface area contributed by atoms with Crippen molar-refractivity contribution >= 4 is 22.9 Å². The van der Waals surface area contributed by atoms with Gasteiger partial charge in [-0.25, -0.2) is 0 Å². The third-order valence-corrected chi connectivity index (χ3v) is 3.97. The van der Waals surface area contributed by atoms with E-state index in [0.29, 0.717) is 12.2 Å². The molecule has 0 fully saturated rings. The molecule has 0 atom stereocenters. The zero-order valence-electron chi connectivity index (χ0n) is 11.6. The molecule has 20 heavy (non-hydrogen) atoms. The highest BCUT2D eigenvalue weighted by molar-refractivity contribution is 7.09. The number of anilines is 1. The van der Waals surface area contributed by atoms with Gasteiger partial charge in [-0.1, -0.05) is 18.2 Å². The van der Waals surface area contributed by atoms with Crippen molar-refractivity contribution in [3.63, 3.8) is 0 Å². The maximum Gasteiger partial charge on any atom is 0.224 e. The minimum absolute atomic E-state index is 0.0423. The lowest BCUT2D eigenvalue weighted by molar-refractivity contribution is -0.116. The fourth-order valence-corrected chi connectivity index (χ4v) is 2.75. The molecule has 1 aromatic carbocycles. The lowest BCUT2D eigenvalue weighted by Gasteiger charge is -2.09. The Bertz CT molecular complexity index is 537. The second kappa shape index (κ2) is 7.70. The number of benzene rings is 1. The van der Waals surface area contributed by atoms with E-state index in [-0.39, 0.29) is 5.91 Å². The molecular weight excluding hydrogens is 270 g/mol. The van der Waals surface area contributed by atoms with Crippen molar-refractivity contribution in [2.45, 2.75) is 25.7 Å². The topological polar surface area (TPSA) is 38.3 Å². The van der Waals surface area contributed by atoms with Crippen LogP contribution in [0.25, 0.3) is 0 Å². The van der Waals surface area contributed by atoms with Crippen molar-refractivity contribution in [3.8, 4) is 5.75 Å². The first-order valence-corrected chi connectivity index (χ1v) is 7.63. The van der Waals surface area contributed by atoms with Crippen molar-refractivity contribution in [1.29, 1.82) is 0 Å². The summed E-state index contributed by atoms with van der Waals surface area (Å²) in [7, 11) is 1.60. The van der Waals surface area contributed by atoms with E-state index in [1.54, 1.807) is 18.4 Å². The Morgan fingerprint density at radius 3 is 2.80 bits per heavy atom. The van der Waals surface area contributed by atoms with Crippen LogP contribution < -0.4 is 10.1 Å². The summed E-state index contributed by atoms with van der Waals surface area (Å²) in [4.78, 5) is 13.3. The van der Waals surface area contributed by atoms with Crippen LogP contribution in [0.5, 0.6) is 5.75 Å². The van der Waals surface area contributed by atoms with E-state index >= 15 is 0 Å². The zero-order valence-corrected chi connectivity index (χ0v) is 12.4. The van der Waals surface area contributed by atoms with Gasteiger partial charge < -0.3 is 10.1 Å². The SMILES string of the molecule is COc1ccccc1NC(=O)CCCCc1cccs1. The van der Waals surface area contributed by atoms with Gasteiger partial charge in [0.1, 0.15) is 5.75 Å². The van der Waals surface area contributed by atoms with Crippen molar-refractivity contribution in [1.82, 2.24) is 0 Å². The molecule has 1 amide bonds. The van der Waals surface area contributed by atoms with Crippen LogP contribution in [0.15, 0.2) is 41.8 Å². The molecule has 2 rings (SSSR count). The molecule has 0 spiro atoms. The molecule has 3 nitrogen and oxygen atoms in total. The van der Waals surface area contributed by atoms with Gasteiger partial charge in [0, 0.05) is 11.3 Å². The zero-order chi connectivity index (χ0) is 14.2. The van der Waals surface area contributed by atoms with Gasteiger partial charge in [-0.2, -0.15) is 0 Å². The predicted octanol–water partition coefficient (Wildman–Crippen LogP) is 4.11. The first-order valence-electron chi connectivity index (χ1n) is 6.75. The quantitative estimate of drug-likeness (QED) is 0.779. The van der Waals surface area contributed by atoms with Crippen LogP contribution in [0.1, 0.15) is 24.1 Å². The number of nitrogens with one attached hydrogen (secondary N) is 1. The Morgan fingerprint density at radius 1 is 1.20 bits per heavy atom. The van der Waals surface area contributed by atoms with Crippen LogP contribution in [0.2, 0.25) is 0 Å². The van der Waals surface area contributed by atoms with Crippen LogP contribution >= 0.6 is 11.3 Å². The first kappa shape index (κ1) is 14.6. The van der Waals surface area contributed by atoms with Crippen LogP contribution in [0.4, 0.5) is 5.69 Å². The maximum atomic E-state index is 11.9. The number of para-hydroxylation sites is 2. The first-order chi connectivity index (χ1) is 9.79. The summed E-state index contributed by atoms with van der Waals surface area (Å²) in [6.07, 6.45) is 3.54. The van der Waals surface area contributed by atoms with Crippen molar-refractivity contribution in [2.75, 3.05) is 12.4 Å². The van der Waals surface area contributed by atoms with Gasteiger partial charge in [0.25, 0.3) is 0 Å². The molecule has 0 bridgehead atoms. The molecule has 0 aliphatic heterocycles. The number of carbonyl (C=O) groups is 1. The second-order valence-electron chi connectivity index (χ2n) is 4.53. The molecular formula is C16H19NO2S. The molecule has 2 aromatic rings. The lowest BCUT2D eigenvalue weighted by atomic mass is 10.1. The van der Waals surface area contributed by atoms with Crippen LogP contribution in [-0.4, -0.2) is 13.0 Å². The average molecular weight is 289 g/mol. The van der Waals surface area contributed by atoms with Gasteiger partial charge in [-0.3, -0.25) is 4.79 Å². The maximum absolute atomic E-state index is 11.9. The van der Waals surface area contributed by atoms with Crippen LogP contribution in [0, 0.1) is 0 Å². The van der Waals surface area contributed by atoms with Gasteiger partial charge in [-0.15, -0.1) is 11.3 Å². The number of methoxy groups -OCH3 is 1. The van der Waals surface area contributed by atoms with E-state index in [1.807, 2.05) is 24.3 Å². The summed E-state index contributed by atoms with van der Waals surface area (Å²) in [6, 6.07) is 11.7. The van der Waals surface area contributed by atoms with Crippen molar-refractivity contribution in [3.05, 3.63) is 46.7 Å². The summed E-state index contributed by atoms with van der Waals surface area (Å²) in [5, 5.41) is 4.98. The number of thiophene rings is 1. The fraction of sp³-hybridized carbons (Fsp3) is 0.312. The number of hydrogen-bond acceptors (Lipinski definition) is 3. The number of ether oxygens (including phenoxy) is 1. The van der Waals surface area contributed by atoms with E-state index in [9.17, 15) is 4.79 Å². The Morgan fingerprint density at radius 2 is 2.05 bits per heavy atom. The van der Waals surface area contributed by atoms with E-state index < -0.39 is 0 Å². The number of carbonyl (C=O) groups excluding carboxylic acids is 1. The number of rotatable bonds is 7. The molecule has 4 heteroatoms. The largest absolute Gasteiger partial charge is 0.495 e. The smallest absolute Gasteiger partial charge is 0.224 e. The number of amides is 1. The van der Waals surface area contributed by atoms with Gasteiger partial charge >= 0.3 is 0 Å². The van der Waals surface area contributed by atoms with Gasteiger partial charge in [0.15, 0.2) is 0 Å². The van der Waals surface area contributed by atoms with Crippen molar-refractivity contribution in [2.24, 2.45) is 0 Å². The molecule has 0 unspecified atom stereocenters. The van der Waals surface area contributed by atoms with Gasteiger partial charge in [-0.05, 0) is 42.8 Å². The number of aryl methyl sites for hydroxylation is 1. The molecule has 0 aliphatic carbocycles. The van der Waals surface area contributed by atoms with Gasteiger partial charge in [0.05, 0.1) is 12.8 Å². The Hall–Kier alpha value is -1.81. The second-order valence-corrected chi connectivity index (χ2v) is 5.57. The van der Waals surface area contributed by atoms with Crippen LogP contribution in [-0.2, 0) is 11.2 Å². The highest BCUT2D eigenvalue weighted by Crippen LogP contribution is 2.23.